The first-order chi connectivity index (χ1) is 7.09. The van der Waals surface area contributed by atoms with Gasteiger partial charge in [-0.3, -0.25) is 4.68 Å². The molecule has 4 nitrogen and oxygen atoms in total. The van der Waals surface area contributed by atoms with Gasteiger partial charge in [0.15, 0.2) is 0 Å². The number of aromatic carboxylic acids is 1. The third-order valence-corrected chi connectivity index (χ3v) is 3.17. The predicted molar refractivity (Wildman–Crippen MR) is 58.5 cm³/mol. The standard InChI is InChI=1S/C9H7ClN2O2S/c1-12-8(6(10)3-11-12)5-2-7(9(13)14)15-4-5/h2-4H,1H3,(H,13,14). The Balaban J connectivity index is 2.50. The molecule has 0 amide bonds. The Morgan fingerprint density at radius 1 is 1.67 bits per heavy atom. The van der Waals surface area contributed by atoms with Crippen LogP contribution in [0.15, 0.2) is 17.6 Å². The molecule has 0 saturated carbocycles. The van der Waals surface area contributed by atoms with Crippen molar-refractivity contribution in [3.8, 4) is 11.3 Å². The smallest absolute Gasteiger partial charge is 0.345 e. The van der Waals surface area contributed by atoms with Crippen molar-refractivity contribution in [3.63, 3.8) is 0 Å². The lowest BCUT2D eigenvalue weighted by Crippen LogP contribution is -1.93. The molecule has 0 aromatic carbocycles. The number of halogens is 1. The quantitative estimate of drug-likeness (QED) is 0.880. The maximum atomic E-state index is 10.7. The average molecular weight is 243 g/mol. The van der Waals surface area contributed by atoms with Crippen LogP contribution in [-0.4, -0.2) is 20.9 Å². The molecule has 0 saturated heterocycles. The largest absolute Gasteiger partial charge is 0.477 e. The van der Waals surface area contributed by atoms with Crippen LogP contribution in [0.25, 0.3) is 11.3 Å². The predicted octanol–water partition coefficient (Wildman–Crippen LogP) is 2.50. The Kier molecular flexibility index (Phi) is 2.50. The van der Waals surface area contributed by atoms with Crippen LogP contribution >= 0.6 is 22.9 Å². The van der Waals surface area contributed by atoms with Crippen LogP contribution < -0.4 is 0 Å². The number of carbonyl (C=O) groups is 1. The topological polar surface area (TPSA) is 55.1 Å². The van der Waals surface area contributed by atoms with E-state index >= 15 is 0 Å². The summed E-state index contributed by atoms with van der Waals surface area (Å²) in [6, 6.07) is 1.59. The van der Waals surface area contributed by atoms with Crippen molar-refractivity contribution in [1.82, 2.24) is 9.78 Å². The molecule has 2 aromatic heterocycles. The highest BCUT2D eigenvalue weighted by atomic mass is 35.5. The summed E-state index contributed by atoms with van der Waals surface area (Å²) < 4.78 is 1.62. The van der Waals surface area contributed by atoms with Crippen LogP contribution in [0.4, 0.5) is 0 Å². The van der Waals surface area contributed by atoms with Crippen molar-refractivity contribution < 1.29 is 9.90 Å². The number of carboxylic acids is 1. The molecule has 2 aromatic rings. The lowest BCUT2D eigenvalue weighted by molar-refractivity contribution is 0.0702. The third kappa shape index (κ3) is 1.75. The number of carboxylic acid groups (broad SMARTS) is 1. The Morgan fingerprint density at radius 2 is 2.40 bits per heavy atom. The van der Waals surface area contributed by atoms with E-state index in [-0.39, 0.29) is 0 Å². The normalized spacial score (nSPS) is 10.5. The Hall–Kier alpha value is -1.33. The molecule has 78 valence electrons. The zero-order chi connectivity index (χ0) is 11.0. The molecule has 0 atom stereocenters. The molecule has 2 heterocycles. The van der Waals surface area contributed by atoms with E-state index in [1.165, 1.54) is 17.5 Å². The highest BCUT2D eigenvalue weighted by Gasteiger charge is 2.13. The van der Waals surface area contributed by atoms with E-state index in [0.717, 1.165) is 11.3 Å². The molecule has 0 fully saturated rings. The molecular formula is C9H7ClN2O2S. The average Bonchev–Trinajstić information content (AvgIpc) is 2.73. The third-order valence-electron chi connectivity index (χ3n) is 1.98. The molecule has 0 radical (unpaired) electrons. The second-order valence-electron chi connectivity index (χ2n) is 2.97. The van der Waals surface area contributed by atoms with Crippen molar-refractivity contribution in [3.05, 3.63) is 27.5 Å². The summed E-state index contributed by atoms with van der Waals surface area (Å²) in [4.78, 5) is 11.0. The summed E-state index contributed by atoms with van der Waals surface area (Å²) in [7, 11) is 1.76. The van der Waals surface area contributed by atoms with Gasteiger partial charge in [-0.2, -0.15) is 5.10 Å². The Morgan fingerprint density at radius 3 is 2.87 bits per heavy atom. The van der Waals surface area contributed by atoms with Crippen LogP contribution in [0.5, 0.6) is 0 Å². The molecular weight excluding hydrogens is 236 g/mol. The van der Waals surface area contributed by atoms with Gasteiger partial charge >= 0.3 is 5.97 Å². The van der Waals surface area contributed by atoms with Crippen LogP contribution in [-0.2, 0) is 7.05 Å². The fourth-order valence-electron chi connectivity index (χ4n) is 1.31. The molecule has 1 N–H and O–H groups in total. The van der Waals surface area contributed by atoms with Gasteiger partial charge in [0, 0.05) is 18.0 Å². The first-order valence-electron chi connectivity index (χ1n) is 4.09. The molecule has 0 unspecified atom stereocenters. The molecule has 2 rings (SSSR count). The number of rotatable bonds is 2. The number of hydrogen-bond donors (Lipinski definition) is 1. The van der Waals surface area contributed by atoms with Crippen LogP contribution in [0.2, 0.25) is 5.02 Å². The van der Waals surface area contributed by atoms with Crippen molar-refractivity contribution >= 4 is 28.9 Å². The van der Waals surface area contributed by atoms with Gasteiger partial charge in [0.05, 0.1) is 16.9 Å². The summed E-state index contributed by atoms with van der Waals surface area (Å²) in [5.74, 6) is -0.926. The van der Waals surface area contributed by atoms with E-state index in [0.29, 0.717) is 9.90 Å². The second kappa shape index (κ2) is 3.67. The molecule has 0 aliphatic rings. The minimum atomic E-state index is -0.926. The lowest BCUT2D eigenvalue weighted by Gasteiger charge is -1.98. The van der Waals surface area contributed by atoms with E-state index in [1.807, 2.05) is 0 Å². The molecule has 0 aliphatic heterocycles. The maximum absolute atomic E-state index is 10.7. The summed E-state index contributed by atoms with van der Waals surface area (Å²) in [6.07, 6.45) is 1.54. The van der Waals surface area contributed by atoms with E-state index < -0.39 is 5.97 Å². The Bertz CT molecular complexity index is 498. The fraction of sp³-hybridized carbons (Fsp3) is 0.111. The van der Waals surface area contributed by atoms with Crippen molar-refractivity contribution in [2.24, 2.45) is 7.05 Å². The minimum Gasteiger partial charge on any atom is -0.477 e. The first-order valence-corrected chi connectivity index (χ1v) is 5.35. The molecule has 6 heteroatoms. The lowest BCUT2D eigenvalue weighted by atomic mass is 10.2. The molecule has 0 aliphatic carbocycles. The van der Waals surface area contributed by atoms with E-state index in [1.54, 1.807) is 23.2 Å². The van der Waals surface area contributed by atoms with E-state index in [9.17, 15) is 4.79 Å². The zero-order valence-corrected chi connectivity index (χ0v) is 9.34. The van der Waals surface area contributed by atoms with E-state index in [2.05, 4.69) is 5.10 Å². The number of hydrogen-bond acceptors (Lipinski definition) is 3. The zero-order valence-electron chi connectivity index (χ0n) is 7.77. The van der Waals surface area contributed by atoms with Gasteiger partial charge in [-0.1, -0.05) is 11.6 Å². The number of aromatic nitrogens is 2. The summed E-state index contributed by atoms with van der Waals surface area (Å²) in [5, 5.41) is 15.1. The summed E-state index contributed by atoms with van der Waals surface area (Å²) in [6.45, 7) is 0. The van der Waals surface area contributed by atoms with Gasteiger partial charge in [-0.15, -0.1) is 11.3 Å². The van der Waals surface area contributed by atoms with Crippen LogP contribution in [0, 0.1) is 0 Å². The SMILES string of the molecule is Cn1ncc(Cl)c1-c1csc(C(=O)O)c1. The van der Waals surface area contributed by atoms with Gasteiger partial charge in [0.25, 0.3) is 0 Å². The highest BCUT2D eigenvalue weighted by molar-refractivity contribution is 7.12. The Labute approximate surface area is 94.7 Å². The highest BCUT2D eigenvalue weighted by Crippen LogP contribution is 2.30. The maximum Gasteiger partial charge on any atom is 0.345 e. The summed E-state index contributed by atoms with van der Waals surface area (Å²) in [5.41, 5.74) is 1.52. The first kappa shape index (κ1) is 10.2. The molecule has 15 heavy (non-hydrogen) atoms. The number of nitrogens with zero attached hydrogens (tertiary/aromatic N) is 2. The second-order valence-corrected chi connectivity index (χ2v) is 4.29. The van der Waals surface area contributed by atoms with Gasteiger partial charge in [-0.25, -0.2) is 4.79 Å². The van der Waals surface area contributed by atoms with Crippen LogP contribution in [0.3, 0.4) is 0 Å². The summed E-state index contributed by atoms with van der Waals surface area (Å²) >= 11 is 7.12. The molecule has 0 spiro atoms. The van der Waals surface area contributed by atoms with Crippen LogP contribution in [0.1, 0.15) is 9.67 Å². The fourth-order valence-corrected chi connectivity index (χ4v) is 2.31. The van der Waals surface area contributed by atoms with Gasteiger partial charge in [0.2, 0.25) is 0 Å². The van der Waals surface area contributed by atoms with Gasteiger partial charge in [0.1, 0.15) is 4.88 Å². The minimum absolute atomic E-state index is 0.294. The molecule has 0 bridgehead atoms. The monoisotopic (exact) mass is 242 g/mol. The number of thiophene rings is 1. The van der Waals surface area contributed by atoms with Crippen molar-refractivity contribution in [2.45, 2.75) is 0 Å². The van der Waals surface area contributed by atoms with Gasteiger partial charge in [-0.05, 0) is 6.07 Å². The van der Waals surface area contributed by atoms with E-state index in [4.69, 9.17) is 16.7 Å². The van der Waals surface area contributed by atoms with Crippen molar-refractivity contribution in [2.75, 3.05) is 0 Å². The van der Waals surface area contributed by atoms with Crippen molar-refractivity contribution in [1.29, 1.82) is 0 Å². The number of aryl methyl sites for hydroxylation is 1. The van der Waals surface area contributed by atoms with Gasteiger partial charge < -0.3 is 5.11 Å².